The zero-order valence-electron chi connectivity index (χ0n) is 11.8. The molecule has 0 amide bonds. The fraction of sp³-hybridized carbons (Fsp3) is 1.00. The van der Waals surface area contributed by atoms with Gasteiger partial charge in [-0.05, 0) is 50.6 Å². The third-order valence-corrected chi connectivity index (χ3v) is 4.97. The molecule has 0 aromatic carbocycles. The van der Waals surface area contributed by atoms with E-state index < -0.39 is 0 Å². The number of likely N-dealkylation sites (N-methyl/N-ethyl adjacent to an activating group) is 1. The Bertz CT molecular complexity index is 219. The van der Waals surface area contributed by atoms with Crippen LogP contribution >= 0.6 is 0 Å². The van der Waals surface area contributed by atoms with Gasteiger partial charge in [0.15, 0.2) is 0 Å². The molecule has 100 valence electrons. The normalized spacial score (nSPS) is 29.6. The lowest BCUT2D eigenvalue weighted by molar-refractivity contribution is 0.112. The van der Waals surface area contributed by atoms with Gasteiger partial charge in [-0.3, -0.25) is 0 Å². The first kappa shape index (κ1) is 13.4. The van der Waals surface area contributed by atoms with E-state index in [-0.39, 0.29) is 0 Å². The van der Waals surface area contributed by atoms with E-state index in [0.717, 1.165) is 12.6 Å². The topological polar surface area (TPSA) is 15.3 Å². The summed E-state index contributed by atoms with van der Waals surface area (Å²) in [5.41, 5.74) is 0.675. The Balaban J connectivity index is 1.85. The Kier molecular flexibility index (Phi) is 4.87. The fourth-order valence-electron chi connectivity index (χ4n) is 3.88. The van der Waals surface area contributed by atoms with Crippen molar-refractivity contribution in [2.24, 2.45) is 5.41 Å². The van der Waals surface area contributed by atoms with Gasteiger partial charge in [-0.25, -0.2) is 0 Å². The second-order valence-corrected chi connectivity index (χ2v) is 6.19. The maximum absolute atomic E-state index is 3.63. The van der Waals surface area contributed by atoms with Crippen LogP contribution in [0.15, 0.2) is 0 Å². The molecule has 0 aromatic heterocycles. The molecule has 1 aliphatic carbocycles. The van der Waals surface area contributed by atoms with Gasteiger partial charge < -0.3 is 10.2 Å². The van der Waals surface area contributed by atoms with E-state index in [2.05, 4.69) is 24.1 Å². The van der Waals surface area contributed by atoms with Crippen molar-refractivity contribution in [3.8, 4) is 0 Å². The van der Waals surface area contributed by atoms with Gasteiger partial charge >= 0.3 is 0 Å². The van der Waals surface area contributed by atoms with Crippen LogP contribution in [0.5, 0.6) is 0 Å². The monoisotopic (exact) mass is 238 g/mol. The van der Waals surface area contributed by atoms with Gasteiger partial charge in [0.05, 0.1) is 0 Å². The van der Waals surface area contributed by atoms with Crippen LogP contribution in [0.1, 0.15) is 58.8 Å². The highest BCUT2D eigenvalue weighted by Crippen LogP contribution is 2.41. The zero-order chi connectivity index (χ0) is 12.1. The first-order valence-electron chi connectivity index (χ1n) is 7.74. The van der Waals surface area contributed by atoms with Crippen molar-refractivity contribution in [3.63, 3.8) is 0 Å². The van der Waals surface area contributed by atoms with E-state index in [1.807, 2.05) is 0 Å². The molecule has 1 N–H and O–H groups in total. The van der Waals surface area contributed by atoms with Gasteiger partial charge in [0.25, 0.3) is 0 Å². The van der Waals surface area contributed by atoms with Crippen LogP contribution in [0.4, 0.5) is 0 Å². The van der Waals surface area contributed by atoms with E-state index in [4.69, 9.17) is 0 Å². The molecule has 2 nitrogen and oxygen atoms in total. The summed E-state index contributed by atoms with van der Waals surface area (Å²) in [6, 6.07) is 0.754. The van der Waals surface area contributed by atoms with Gasteiger partial charge in [-0.1, -0.05) is 26.7 Å². The quantitative estimate of drug-likeness (QED) is 0.792. The Hall–Kier alpha value is -0.0800. The van der Waals surface area contributed by atoms with E-state index in [1.165, 1.54) is 64.6 Å². The number of piperidine rings is 1. The molecule has 2 heteroatoms. The van der Waals surface area contributed by atoms with Gasteiger partial charge in [0.1, 0.15) is 0 Å². The van der Waals surface area contributed by atoms with Crippen molar-refractivity contribution < 1.29 is 0 Å². The van der Waals surface area contributed by atoms with Crippen LogP contribution in [-0.4, -0.2) is 37.1 Å². The summed E-state index contributed by atoms with van der Waals surface area (Å²) in [5, 5.41) is 3.63. The van der Waals surface area contributed by atoms with Gasteiger partial charge in [-0.2, -0.15) is 0 Å². The number of rotatable bonds is 5. The van der Waals surface area contributed by atoms with E-state index in [0.29, 0.717) is 5.41 Å². The number of nitrogens with zero attached hydrogens (tertiary/aromatic N) is 1. The molecule has 0 aromatic rings. The molecular formula is C15H30N2. The molecule has 0 spiro atoms. The summed E-state index contributed by atoms with van der Waals surface area (Å²) in [6.07, 6.45) is 10.0. The van der Waals surface area contributed by atoms with Gasteiger partial charge in [0.2, 0.25) is 0 Å². The van der Waals surface area contributed by atoms with E-state index in [1.54, 1.807) is 0 Å². The van der Waals surface area contributed by atoms with E-state index >= 15 is 0 Å². The van der Waals surface area contributed by atoms with Crippen molar-refractivity contribution >= 4 is 0 Å². The van der Waals surface area contributed by atoms with Crippen molar-refractivity contribution in [3.05, 3.63) is 0 Å². The Morgan fingerprint density at radius 2 is 1.94 bits per heavy atom. The maximum atomic E-state index is 3.63. The lowest BCUT2D eigenvalue weighted by Crippen LogP contribution is -2.48. The van der Waals surface area contributed by atoms with Crippen LogP contribution in [0.2, 0.25) is 0 Å². The standard InChI is InChI=1S/C15H30N2/c1-3-15(9-5-6-10-15)13-17-11-7-8-14(12-17)16-4-2/h14,16H,3-13H2,1-2H3. The molecule has 1 saturated carbocycles. The van der Waals surface area contributed by atoms with Crippen molar-refractivity contribution in [2.45, 2.75) is 64.8 Å². The summed E-state index contributed by atoms with van der Waals surface area (Å²) in [7, 11) is 0. The second kappa shape index (κ2) is 6.19. The van der Waals surface area contributed by atoms with Crippen molar-refractivity contribution in [1.82, 2.24) is 10.2 Å². The summed E-state index contributed by atoms with van der Waals surface area (Å²) in [6.45, 7) is 9.74. The predicted molar refractivity (Wildman–Crippen MR) is 74.3 cm³/mol. The highest BCUT2D eigenvalue weighted by molar-refractivity contribution is 4.89. The first-order valence-corrected chi connectivity index (χ1v) is 7.74. The Labute approximate surface area is 107 Å². The molecule has 1 aliphatic heterocycles. The minimum Gasteiger partial charge on any atom is -0.313 e. The molecule has 1 unspecified atom stereocenters. The number of likely N-dealkylation sites (tertiary alicyclic amines) is 1. The van der Waals surface area contributed by atoms with Crippen LogP contribution in [-0.2, 0) is 0 Å². The summed E-state index contributed by atoms with van der Waals surface area (Å²) < 4.78 is 0. The highest BCUT2D eigenvalue weighted by Gasteiger charge is 2.34. The average molecular weight is 238 g/mol. The first-order chi connectivity index (χ1) is 8.28. The van der Waals surface area contributed by atoms with Crippen molar-refractivity contribution in [2.75, 3.05) is 26.2 Å². The molecule has 0 radical (unpaired) electrons. The molecule has 1 atom stereocenters. The SMILES string of the molecule is CCNC1CCCN(CC2(CC)CCCC2)C1. The molecule has 1 saturated heterocycles. The molecular weight excluding hydrogens is 208 g/mol. The largest absolute Gasteiger partial charge is 0.313 e. The van der Waals surface area contributed by atoms with E-state index in [9.17, 15) is 0 Å². The van der Waals surface area contributed by atoms with Crippen LogP contribution < -0.4 is 5.32 Å². The molecule has 17 heavy (non-hydrogen) atoms. The van der Waals surface area contributed by atoms with Gasteiger partial charge in [0, 0.05) is 19.1 Å². The number of hydrogen-bond donors (Lipinski definition) is 1. The molecule has 2 aliphatic rings. The summed E-state index contributed by atoms with van der Waals surface area (Å²) in [4.78, 5) is 2.74. The van der Waals surface area contributed by atoms with Crippen LogP contribution in [0.25, 0.3) is 0 Å². The fourth-order valence-corrected chi connectivity index (χ4v) is 3.88. The third-order valence-electron chi connectivity index (χ3n) is 4.97. The molecule has 2 fully saturated rings. The Morgan fingerprint density at radius 3 is 2.59 bits per heavy atom. The third kappa shape index (κ3) is 3.45. The maximum Gasteiger partial charge on any atom is 0.0195 e. The zero-order valence-corrected chi connectivity index (χ0v) is 11.8. The minimum atomic E-state index is 0.675. The summed E-state index contributed by atoms with van der Waals surface area (Å²) >= 11 is 0. The van der Waals surface area contributed by atoms with Crippen LogP contribution in [0.3, 0.4) is 0 Å². The lowest BCUT2D eigenvalue weighted by atomic mass is 9.82. The molecule has 2 rings (SSSR count). The van der Waals surface area contributed by atoms with Gasteiger partial charge in [-0.15, -0.1) is 0 Å². The number of hydrogen-bond acceptors (Lipinski definition) is 2. The van der Waals surface area contributed by atoms with Crippen LogP contribution in [0, 0.1) is 5.41 Å². The Morgan fingerprint density at radius 1 is 1.18 bits per heavy atom. The molecule has 0 bridgehead atoms. The summed E-state index contributed by atoms with van der Waals surface area (Å²) in [5.74, 6) is 0. The predicted octanol–water partition coefficient (Wildman–Crippen LogP) is 3.03. The average Bonchev–Trinajstić information content (AvgIpc) is 2.79. The highest BCUT2D eigenvalue weighted by atomic mass is 15.2. The molecule has 1 heterocycles. The number of nitrogens with one attached hydrogen (secondary N) is 1. The minimum absolute atomic E-state index is 0.675. The smallest absolute Gasteiger partial charge is 0.0195 e. The van der Waals surface area contributed by atoms with Crippen molar-refractivity contribution in [1.29, 1.82) is 0 Å². The second-order valence-electron chi connectivity index (χ2n) is 6.19. The lowest BCUT2D eigenvalue weighted by Gasteiger charge is -2.39.